The summed E-state index contributed by atoms with van der Waals surface area (Å²) in [6, 6.07) is 7.59. The lowest BCUT2D eigenvalue weighted by Crippen LogP contribution is -2.10. The quantitative estimate of drug-likeness (QED) is 0.736. The van der Waals surface area contributed by atoms with Crippen LogP contribution < -0.4 is 10.6 Å². The highest BCUT2D eigenvalue weighted by Gasteiger charge is 2.15. The number of nitrogens with one attached hydrogen (secondary N) is 2. The lowest BCUT2D eigenvalue weighted by molar-refractivity contribution is -0.114. The van der Waals surface area contributed by atoms with Gasteiger partial charge >= 0.3 is 0 Å². The van der Waals surface area contributed by atoms with Crippen LogP contribution >= 0.6 is 11.3 Å². The summed E-state index contributed by atoms with van der Waals surface area (Å²) in [4.78, 5) is 27.3. The molecule has 0 spiro atoms. The summed E-state index contributed by atoms with van der Waals surface area (Å²) in [6.07, 6.45) is 0. The topological polar surface area (TPSA) is 84.2 Å². The number of carbonyl (C=O) groups excluding carboxylic acids is 2. The largest absolute Gasteiger partial charge is 0.456 e. The highest BCUT2D eigenvalue weighted by Crippen LogP contribution is 2.29. The van der Waals surface area contributed by atoms with Crippen LogP contribution in [-0.2, 0) is 4.79 Å². The average Bonchev–Trinajstić information content (AvgIpc) is 3.16. The van der Waals surface area contributed by atoms with E-state index in [4.69, 9.17) is 4.42 Å². The van der Waals surface area contributed by atoms with E-state index in [0.29, 0.717) is 22.3 Å². The number of hydrogen-bond donors (Lipinski definition) is 2. The number of anilines is 2. The van der Waals surface area contributed by atoms with Crippen LogP contribution in [0.25, 0.3) is 11.3 Å². The van der Waals surface area contributed by atoms with Crippen molar-refractivity contribution in [3.63, 3.8) is 0 Å². The molecular weight excluding hydrogens is 345 g/mol. The Labute approximate surface area is 146 Å². The second-order valence-corrected chi connectivity index (χ2v) is 6.14. The van der Waals surface area contributed by atoms with Crippen molar-refractivity contribution in [1.29, 1.82) is 0 Å². The summed E-state index contributed by atoms with van der Waals surface area (Å²) >= 11 is 1.18. The molecule has 1 aromatic carbocycles. The van der Waals surface area contributed by atoms with E-state index in [1.165, 1.54) is 30.4 Å². The Hall–Kier alpha value is -3.00. The van der Waals surface area contributed by atoms with Crippen LogP contribution in [0.3, 0.4) is 0 Å². The summed E-state index contributed by atoms with van der Waals surface area (Å²) in [6.45, 7) is 3.09. The summed E-state index contributed by atoms with van der Waals surface area (Å²) in [5, 5.41) is 7.10. The number of aromatic nitrogens is 1. The average molecular weight is 359 g/mol. The van der Waals surface area contributed by atoms with Gasteiger partial charge in [0.25, 0.3) is 5.91 Å². The molecular formula is C17H14FN3O3S. The molecule has 0 fully saturated rings. The number of rotatable bonds is 4. The number of furan rings is 1. The van der Waals surface area contributed by atoms with Crippen LogP contribution in [0.1, 0.15) is 23.2 Å². The first kappa shape index (κ1) is 16.8. The van der Waals surface area contributed by atoms with E-state index in [1.807, 2.05) is 0 Å². The molecule has 0 saturated heterocycles. The number of benzene rings is 1. The first-order valence-corrected chi connectivity index (χ1v) is 8.21. The van der Waals surface area contributed by atoms with Crippen molar-refractivity contribution in [1.82, 2.24) is 4.98 Å². The molecule has 2 aromatic heterocycles. The van der Waals surface area contributed by atoms with Gasteiger partial charge in [-0.3, -0.25) is 14.9 Å². The Kier molecular flexibility index (Phi) is 4.62. The van der Waals surface area contributed by atoms with Crippen LogP contribution in [0.15, 0.2) is 40.1 Å². The van der Waals surface area contributed by atoms with Crippen LogP contribution in [0, 0.1) is 12.7 Å². The number of carbonyl (C=O) groups is 2. The second kappa shape index (κ2) is 6.86. The first-order valence-electron chi connectivity index (χ1n) is 7.33. The van der Waals surface area contributed by atoms with Gasteiger partial charge in [-0.1, -0.05) is 0 Å². The minimum atomic E-state index is -0.518. The van der Waals surface area contributed by atoms with Crippen molar-refractivity contribution >= 4 is 34.0 Å². The SMILES string of the molecule is CC(=O)Nc1ccc(-c2csc(NC(=O)c3ccc(C)o3)n2)c(F)c1. The third-order valence-corrected chi connectivity index (χ3v) is 4.01. The Morgan fingerprint density at radius 2 is 2.00 bits per heavy atom. The van der Waals surface area contributed by atoms with E-state index in [9.17, 15) is 14.0 Å². The monoisotopic (exact) mass is 359 g/mol. The van der Waals surface area contributed by atoms with Crippen LogP contribution in [0.4, 0.5) is 15.2 Å². The molecule has 0 radical (unpaired) electrons. The molecule has 2 amide bonds. The van der Waals surface area contributed by atoms with Crippen molar-refractivity contribution in [2.45, 2.75) is 13.8 Å². The van der Waals surface area contributed by atoms with Crippen LogP contribution in [-0.4, -0.2) is 16.8 Å². The van der Waals surface area contributed by atoms with E-state index in [1.54, 1.807) is 30.5 Å². The molecule has 0 unspecified atom stereocenters. The maximum atomic E-state index is 14.2. The summed E-state index contributed by atoms with van der Waals surface area (Å²) in [7, 11) is 0. The predicted octanol–water partition coefficient (Wildman–Crippen LogP) is 4.06. The lowest BCUT2D eigenvalue weighted by atomic mass is 10.1. The Bertz CT molecular complexity index is 948. The lowest BCUT2D eigenvalue weighted by Gasteiger charge is -2.04. The molecule has 0 aliphatic rings. The Morgan fingerprint density at radius 1 is 1.20 bits per heavy atom. The predicted molar refractivity (Wildman–Crippen MR) is 93.2 cm³/mol. The molecule has 0 saturated carbocycles. The highest BCUT2D eigenvalue weighted by molar-refractivity contribution is 7.14. The van der Waals surface area contributed by atoms with Gasteiger partial charge in [0.15, 0.2) is 10.9 Å². The highest BCUT2D eigenvalue weighted by atomic mass is 32.1. The molecule has 0 aliphatic heterocycles. The van der Waals surface area contributed by atoms with Crippen LogP contribution in [0.2, 0.25) is 0 Å². The molecule has 2 N–H and O–H groups in total. The van der Waals surface area contributed by atoms with E-state index in [-0.39, 0.29) is 17.2 Å². The van der Waals surface area contributed by atoms with E-state index >= 15 is 0 Å². The first-order chi connectivity index (χ1) is 11.9. The molecule has 3 rings (SSSR count). The molecule has 25 heavy (non-hydrogen) atoms. The zero-order valence-electron chi connectivity index (χ0n) is 13.4. The fourth-order valence-electron chi connectivity index (χ4n) is 2.17. The number of hydrogen-bond acceptors (Lipinski definition) is 5. The number of aryl methyl sites for hydroxylation is 1. The Balaban J connectivity index is 1.77. The fraction of sp³-hybridized carbons (Fsp3) is 0.118. The summed E-state index contributed by atoms with van der Waals surface area (Å²) in [5.74, 6) is -0.406. The number of thiazole rings is 1. The molecule has 8 heteroatoms. The number of amides is 2. The molecule has 3 aromatic rings. The number of halogens is 1. The normalized spacial score (nSPS) is 10.5. The van der Waals surface area contributed by atoms with Crippen molar-refractivity contribution < 1.29 is 18.4 Å². The fourth-order valence-corrected chi connectivity index (χ4v) is 2.88. The summed E-state index contributed by atoms with van der Waals surface area (Å²) in [5.41, 5.74) is 1.04. The van der Waals surface area contributed by atoms with Gasteiger partial charge in [0.2, 0.25) is 5.91 Å². The van der Waals surface area contributed by atoms with E-state index < -0.39 is 11.7 Å². The van der Waals surface area contributed by atoms with Gasteiger partial charge in [0.1, 0.15) is 11.6 Å². The van der Waals surface area contributed by atoms with Crippen molar-refractivity contribution in [3.8, 4) is 11.3 Å². The van der Waals surface area contributed by atoms with Gasteiger partial charge in [-0.15, -0.1) is 11.3 Å². The summed E-state index contributed by atoms with van der Waals surface area (Å²) < 4.78 is 19.5. The van der Waals surface area contributed by atoms with Crippen molar-refractivity contribution in [2.75, 3.05) is 10.6 Å². The van der Waals surface area contributed by atoms with Crippen molar-refractivity contribution in [2.24, 2.45) is 0 Å². The molecule has 0 atom stereocenters. The van der Waals surface area contributed by atoms with Crippen molar-refractivity contribution in [3.05, 3.63) is 53.0 Å². The van der Waals surface area contributed by atoms with Gasteiger partial charge < -0.3 is 9.73 Å². The molecule has 128 valence electrons. The standard InChI is InChI=1S/C17H14FN3O3S/c1-9-3-6-15(24-9)16(23)21-17-20-14(8-25-17)12-5-4-11(7-13(12)18)19-10(2)22/h3-8H,1-2H3,(H,19,22)(H,20,21,23). The molecule has 2 heterocycles. The molecule has 0 bridgehead atoms. The van der Waals surface area contributed by atoms with Crippen LogP contribution in [0.5, 0.6) is 0 Å². The van der Waals surface area contributed by atoms with Gasteiger partial charge in [0, 0.05) is 23.6 Å². The minimum Gasteiger partial charge on any atom is -0.456 e. The van der Waals surface area contributed by atoms with E-state index in [0.717, 1.165) is 0 Å². The maximum Gasteiger partial charge on any atom is 0.293 e. The third-order valence-electron chi connectivity index (χ3n) is 3.25. The maximum absolute atomic E-state index is 14.2. The van der Waals surface area contributed by atoms with Gasteiger partial charge in [-0.05, 0) is 37.3 Å². The second-order valence-electron chi connectivity index (χ2n) is 5.28. The molecule has 6 nitrogen and oxygen atoms in total. The zero-order chi connectivity index (χ0) is 18.0. The van der Waals surface area contributed by atoms with Gasteiger partial charge in [-0.2, -0.15) is 0 Å². The number of nitrogens with zero attached hydrogens (tertiary/aromatic N) is 1. The smallest absolute Gasteiger partial charge is 0.293 e. The Morgan fingerprint density at radius 3 is 2.64 bits per heavy atom. The van der Waals surface area contributed by atoms with E-state index in [2.05, 4.69) is 15.6 Å². The third kappa shape index (κ3) is 3.92. The molecule has 0 aliphatic carbocycles. The van der Waals surface area contributed by atoms with Gasteiger partial charge in [-0.25, -0.2) is 9.37 Å². The van der Waals surface area contributed by atoms with Gasteiger partial charge in [0.05, 0.1) is 5.69 Å². The zero-order valence-corrected chi connectivity index (χ0v) is 14.2. The minimum absolute atomic E-state index is 0.181.